The number of esters is 1. The molecule has 1 aliphatic carbocycles. The molecule has 4 rings (SSSR count). The van der Waals surface area contributed by atoms with Gasteiger partial charge in [-0.3, -0.25) is 9.78 Å². The van der Waals surface area contributed by atoms with Crippen molar-refractivity contribution in [2.45, 2.75) is 52.7 Å². The molecular formula is C26H34N2O2. The highest BCUT2D eigenvalue weighted by Crippen LogP contribution is 2.50. The molecule has 2 fully saturated rings. The van der Waals surface area contributed by atoms with Crippen LogP contribution in [0, 0.1) is 23.7 Å². The van der Waals surface area contributed by atoms with Gasteiger partial charge in [0.25, 0.3) is 0 Å². The molecule has 1 aromatic heterocycles. The van der Waals surface area contributed by atoms with Crippen molar-refractivity contribution in [2.24, 2.45) is 29.4 Å². The van der Waals surface area contributed by atoms with Gasteiger partial charge in [0.1, 0.15) is 11.6 Å². The second kappa shape index (κ2) is 9.13. The van der Waals surface area contributed by atoms with Gasteiger partial charge in [0, 0.05) is 17.7 Å². The van der Waals surface area contributed by atoms with E-state index in [2.05, 4.69) is 49.2 Å². The predicted molar refractivity (Wildman–Crippen MR) is 122 cm³/mol. The summed E-state index contributed by atoms with van der Waals surface area (Å²) >= 11 is 0. The van der Waals surface area contributed by atoms with E-state index in [0.29, 0.717) is 18.3 Å². The van der Waals surface area contributed by atoms with Crippen LogP contribution >= 0.6 is 0 Å². The quantitative estimate of drug-likeness (QED) is 0.699. The number of ether oxygens (including phenoxy) is 1. The van der Waals surface area contributed by atoms with Crippen molar-refractivity contribution >= 4 is 12.0 Å². The Balaban J connectivity index is 0.00000124. The highest BCUT2D eigenvalue weighted by atomic mass is 16.6. The molecule has 2 aromatic rings. The van der Waals surface area contributed by atoms with Crippen LogP contribution in [0.1, 0.15) is 46.7 Å². The molecule has 1 aromatic carbocycles. The summed E-state index contributed by atoms with van der Waals surface area (Å²) in [5, 5.41) is 0. The Morgan fingerprint density at radius 3 is 2.40 bits per heavy atom. The van der Waals surface area contributed by atoms with Crippen LogP contribution in [0.2, 0.25) is 0 Å². The summed E-state index contributed by atoms with van der Waals surface area (Å²) in [6.07, 6.45) is 6.69. The summed E-state index contributed by atoms with van der Waals surface area (Å²) in [4.78, 5) is 17.0. The standard InChI is InChI=1S/C24H28N2O2.C2H6/c1-15-13-24(25)22(17(3)28-23(24)27)21(16(15)2)12-11-20-10-9-19(14-26-20)18-7-5-4-6-8-18;1-2/h4-12,14-17,21-22H,13,25H2,1-3H3;1-2H3/b12-11+;. The number of carbonyl (C=O) groups excluding carboxylic acids is 1. The van der Waals surface area contributed by atoms with E-state index in [-0.39, 0.29) is 23.9 Å². The van der Waals surface area contributed by atoms with Gasteiger partial charge < -0.3 is 10.5 Å². The van der Waals surface area contributed by atoms with Gasteiger partial charge in [-0.15, -0.1) is 0 Å². The third-order valence-electron chi connectivity index (χ3n) is 6.74. The summed E-state index contributed by atoms with van der Waals surface area (Å²) in [7, 11) is 0. The number of rotatable bonds is 3. The SMILES string of the molecule is CC.CC1CC2(N)C(=O)OC(C)C2C(/C=C/c2ccc(-c3ccccc3)cn2)C1C. The lowest BCUT2D eigenvalue weighted by Gasteiger charge is -2.45. The zero-order chi connectivity index (χ0) is 21.9. The van der Waals surface area contributed by atoms with E-state index in [1.165, 1.54) is 0 Å². The Labute approximate surface area is 180 Å². The Morgan fingerprint density at radius 1 is 1.07 bits per heavy atom. The number of allylic oxidation sites excluding steroid dienone is 1. The maximum atomic E-state index is 12.4. The molecule has 4 heteroatoms. The zero-order valence-corrected chi connectivity index (χ0v) is 18.7. The van der Waals surface area contributed by atoms with Gasteiger partial charge in [0.05, 0.1) is 5.69 Å². The molecule has 4 nitrogen and oxygen atoms in total. The molecule has 2 aliphatic rings. The number of hydrogen-bond acceptors (Lipinski definition) is 4. The van der Waals surface area contributed by atoms with E-state index in [1.54, 1.807) is 0 Å². The molecule has 1 saturated heterocycles. The summed E-state index contributed by atoms with van der Waals surface area (Å²) in [6.45, 7) is 10.4. The minimum atomic E-state index is -0.870. The normalized spacial score (nSPS) is 32.9. The molecule has 2 N–H and O–H groups in total. The second-order valence-electron chi connectivity index (χ2n) is 8.49. The van der Waals surface area contributed by atoms with Crippen LogP contribution in [0.5, 0.6) is 0 Å². The number of hydrogen-bond donors (Lipinski definition) is 1. The molecule has 0 radical (unpaired) electrons. The molecule has 0 bridgehead atoms. The molecule has 6 atom stereocenters. The number of aromatic nitrogens is 1. The van der Waals surface area contributed by atoms with Crippen LogP contribution in [-0.2, 0) is 9.53 Å². The van der Waals surface area contributed by atoms with Gasteiger partial charge in [-0.25, -0.2) is 0 Å². The van der Waals surface area contributed by atoms with Crippen LogP contribution in [0.25, 0.3) is 17.2 Å². The molecule has 1 aliphatic heterocycles. The molecule has 1 saturated carbocycles. The fourth-order valence-electron chi connectivity index (χ4n) is 5.02. The van der Waals surface area contributed by atoms with Crippen molar-refractivity contribution < 1.29 is 9.53 Å². The monoisotopic (exact) mass is 406 g/mol. The Morgan fingerprint density at radius 2 is 1.77 bits per heavy atom. The zero-order valence-electron chi connectivity index (χ0n) is 18.7. The van der Waals surface area contributed by atoms with Crippen molar-refractivity contribution in [1.82, 2.24) is 4.98 Å². The first kappa shape index (κ1) is 22.2. The molecule has 160 valence electrons. The number of pyridine rings is 1. The molecule has 30 heavy (non-hydrogen) atoms. The first-order valence-electron chi connectivity index (χ1n) is 11.1. The first-order valence-corrected chi connectivity index (χ1v) is 11.1. The topological polar surface area (TPSA) is 65.2 Å². The Bertz CT molecular complexity index is 878. The number of nitrogens with zero attached hydrogens (tertiary/aromatic N) is 1. The van der Waals surface area contributed by atoms with E-state index in [9.17, 15) is 4.79 Å². The largest absolute Gasteiger partial charge is 0.461 e. The smallest absolute Gasteiger partial charge is 0.326 e. The Hall–Kier alpha value is -2.46. The lowest BCUT2D eigenvalue weighted by atomic mass is 9.59. The van der Waals surface area contributed by atoms with Gasteiger partial charge >= 0.3 is 5.97 Å². The van der Waals surface area contributed by atoms with Crippen LogP contribution in [0.3, 0.4) is 0 Å². The van der Waals surface area contributed by atoms with Crippen molar-refractivity contribution in [3.05, 3.63) is 60.4 Å². The fourth-order valence-corrected chi connectivity index (χ4v) is 5.02. The van der Waals surface area contributed by atoms with Crippen LogP contribution in [-0.4, -0.2) is 22.6 Å². The van der Waals surface area contributed by atoms with Gasteiger partial charge in [0.15, 0.2) is 0 Å². The minimum absolute atomic E-state index is 0.00559. The van der Waals surface area contributed by atoms with E-state index in [0.717, 1.165) is 16.8 Å². The molecule has 6 unspecified atom stereocenters. The number of carbonyl (C=O) groups is 1. The maximum absolute atomic E-state index is 12.4. The second-order valence-corrected chi connectivity index (χ2v) is 8.49. The summed E-state index contributed by atoms with van der Waals surface area (Å²) in [5.41, 5.74) is 8.86. The average Bonchev–Trinajstić information content (AvgIpc) is 2.99. The molecule has 0 spiro atoms. The lowest BCUT2D eigenvalue weighted by molar-refractivity contribution is -0.145. The molecular weight excluding hydrogens is 372 g/mol. The maximum Gasteiger partial charge on any atom is 0.326 e. The van der Waals surface area contributed by atoms with Gasteiger partial charge in [-0.1, -0.05) is 70.2 Å². The van der Waals surface area contributed by atoms with E-state index < -0.39 is 5.54 Å². The highest BCUT2D eigenvalue weighted by molar-refractivity contribution is 5.84. The number of fused-ring (bicyclic) bond motifs is 1. The number of nitrogens with two attached hydrogens (primary N) is 1. The van der Waals surface area contributed by atoms with Crippen LogP contribution in [0.4, 0.5) is 0 Å². The molecule has 0 amide bonds. The van der Waals surface area contributed by atoms with E-state index in [1.807, 2.05) is 51.2 Å². The average molecular weight is 407 g/mol. The number of benzene rings is 1. The van der Waals surface area contributed by atoms with Crippen molar-refractivity contribution in [1.29, 1.82) is 0 Å². The fraction of sp³-hybridized carbons (Fsp3) is 0.462. The first-order chi connectivity index (χ1) is 14.4. The van der Waals surface area contributed by atoms with Gasteiger partial charge in [-0.05, 0) is 48.8 Å². The number of cyclic esters (lactones) is 1. The van der Waals surface area contributed by atoms with Crippen molar-refractivity contribution in [2.75, 3.05) is 0 Å². The van der Waals surface area contributed by atoms with Gasteiger partial charge in [0.2, 0.25) is 0 Å². The summed E-state index contributed by atoms with van der Waals surface area (Å²) in [6, 6.07) is 14.3. The highest BCUT2D eigenvalue weighted by Gasteiger charge is 2.60. The summed E-state index contributed by atoms with van der Waals surface area (Å²) in [5.74, 6) is 0.741. The van der Waals surface area contributed by atoms with E-state index >= 15 is 0 Å². The van der Waals surface area contributed by atoms with Crippen molar-refractivity contribution in [3.63, 3.8) is 0 Å². The summed E-state index contributed by atoms with van der Waals surface area (Å²) < 4.78 is 5.54. The minimum Gasteiger partial charge on any atom is -0.461 e. The van der Waals surface area contributed by atoms with Crippen LogP contribution in [0.15, 0.2) is 54.7 Å². The van der Waals surface area contributed by atoms with Crippen molar-refractivity contribution in [3.8, 4) is 11.1 Å². The predicted octanol–water partition coefficient (Wildman–Crippen LogP) is 5.34. The van der Waals surface area contributed by atoms with Crippen LogP contribution < -0.4 is 5.73 Å². The Kier molecular flexibility index (Phi) is 6.77. The van der Waals surface area contributed by atoms with Gasteiger partial charge in [-0.2, -0.15) is 0 Å². The lowest BCUT2D eigenvalue weighted by Crippen LogP contribution is -2.58. The third-order valence-corrected chi connectivity index (χ3v) is 6.74. The third kappa shape index (κ3) is 4.06. The van der Waals surface area contributed by atoms with E-state index in [4.69, 9.17) is 10.5 Å². The molecule has 2 heterocycles.